The van der Waals surface area contributed by atoms with E-state index in [-0.39, 0.29) is 0 Å². The Morgan fingerprint density at radius 1 is 1.33 bits per heavy atom. The van der Waals surface area contributed by atoms with Crippen molar-refractivity contribution >= 4 is 8.46 Å². The molecular weight excluding hydrogens is 167 g/mol. The maximum atomic E-state index is 10.8. The fourth-order valence-corrected chi connectivity index (χ4v) is 1.92. The molecule has 0 saturated heterocycles. The molecule has 1 nitrogen and oxygen atoms in total. The molecule has 0 spiro atoms. The minimum Gasteiger partial charge on any atom is -0.275 e. The van der Waals surface area contributed by atoms with Crippen LogP contribution in [0.1, 0.15) is 47.5 Å². The Hall–Kier alpha value is 0.100. The van der Waals surface area contributed by atoms with Crippen molar-refractivity contribution in [1.82, 2.24) is 0 Å². The van der Waals surface area contributed by atoms with Gasteiger partial charge in [0.25, 0.3) is 0 Å². The summed E-state index contributed by atoms with van der Waals surface area (Å²) in [6.07, 6.45) is 2.22. The van der Waals surface area contributed by atoms with Gasteiger partial charge >= 0.3 is 0 Å². The standard InChI is InChI=1S/C10H21OP/c1-6-10(4,5)7-9(12-11)8(2)3/h8-9H,6-7H2,1-5H3. The summed E-state index contributed by atoms with van der Waals surface area (Å²) in [5, 5.41) is 0. The van der Waals surface area contributed by atoms with Crippen LogP contribution in [-0.4, -0.2) is 5.66 Å². The van der Waals surface area contributed by atoms with Gasteiger partial charge in [-0.3, -0.25) is 4.57 Å². The Labute approximate surface area is 78.1 Å². The molecule has 0 aromatic heterocycles. The zero-order valence-electron chi connectivity index (χ0n) is 8.92. The van der Waals surface area contributed by atoms with Gasteiger partial charge in [0.05, 0.1) is 0 Å². The van der Waals surface area contributed by atoms with E-state index in [1.807, 2.05) is 0 Å². The molecule has 0 aliphatic rings. The highest BCUT2D eigenvalue weighted by molar-refractivity contribution is 7.24. The summed E-state index contributed by atoms with van der Waals surface area (Å²) in [5.41, 5.74) is 0.673. The van der Waals surface area contributed by atoms with Crippen LogP contribution in [0, 0.1) is 11.3 Å². The van der Waals surface area contributed by atoms with Crippen molar-refractivity contribution in [2.24, 2.45) is 11.3 Å². The zero-order chi connectivity index (χ0) is 9.78. The zero-order valence-corrected chi connectivity index (χ0v) is 9.82. The first kappa shape index (κ1) is 12.1. The monoisotopic (exact) mass is 188 g/mol. The van der Waals surface area contributed by atoms with Crippen LogP contribution in [0.15, 0.2) is 0 Å². The molecule has 1 atom stereocenters. The van der Waals surface area contributed by atoms with Gasteiger partial charge in [-0.15, -0.1) is 0 Å². The predicted octanol–water partition coefficient (Wildman–Crippen LogP) is 4.13. The molecule has 0 amide bonds. The van der Waals surface area contributed by atoms with Gasteiger partial charge in [0.2, 0.25) is 0 Å². The number of hydrogen-bond acceptors (Lipinski definition) is 1. The molecule has 0 radical (unpaired) electrons. The normalized spacial score (nSPS) is 15.5. The maximum absolute atomic E-state index is 10.8. The summed E-state index contributed by atoms with van der Waals surface area (Å²) in [6, 6.07) is 0. The largest absolute Gasteiger partial charge is 0.275 e. The van der Waals surface area contributed by atoms with E-state index >= 15 is 0 Å². The van der Waals surface area contributed by atoms with E-state index < -0.39 is 0 Å². The topological polar surface area (TPSA) is 17.1 Å². The Kier molecular flexibility index (Phi) is 5.01. The van der Waals surface area contributed by atoms with E-state index in [4.69, 9.17) is 0 Å². The van der Waals surface area contributed by atoms with Crippen LogP contribution in [0.4, 0.5) is 0 Å². The van der Waals surface area contributed by atoms with Crippen molar-refractivity contribution in [3.63, 3.8) is 0 Å². The van der Waals surface area contributed by atoms with Gasteiger partial charge in [0.1, 0.15) is 0 Å². The van der Waals surface area contributed by atoms with Gasteiger partial charge in [-0.25, -0.2) is 0 Å². The summed E-state index contributed by atoms with van der Waals surface area (Å²) in [5.74, 6) is 0.523. The second-order valence-corrected chi connectivity index (χ2v) is 5.51. The molecule has 0 aliphatic heterocycles. The highest BCUT2D eigenvalue weighted by Gasteiger charge is 2.23. The van der Waals surface area contributed by atoms with Gasteiger partial charge in [0, 0.05) is 5.66 Å². The van der Waals surface area contributed by atoms with Crippen LogP contribution < -0.4 is 0 Å². The number of rotatable bonds is 5. The highest BCUT2D eigenvalue weighted by Crippen LogP contribution is 2.33. The second kappa shape index (κ2) is 4.97. The Morgan fingerprint density at radius 2 is 1.83 bits per heavy atom. The molecule has 0 N–H and O–H groups in total. The van der Waals surface area contributed by atoms with Gasteiger partial charge < -0.3 is 0 Å². The van der Waals surface area contributed by atoms with Crippen molar-refractivity contribution in [3.8, 4) is 0 Å². The fraction of sp³-hybridized carbons (Fsp3) is 1.00. The van der Waals surface area contributed by atoms with Gasteiger partial charge in [-0.2, -0.15) is 0 Å². The van der Waals surface area contributed by atoms with Gasteiger partial charge in [-0.1, -0.05) is 41.0 Å². The molecule has 0 rings (SSSR count). The molecule has 12 heavy (non-hydrogen) atoms. The van der Waals surface area contributed by atoms with Crippen molar-refractivity contribution in [2.75, 3.05) is 0 Å². The minimum absolute atomic E-state index is 0.313. The molecule has 2 heteroatoms. The van der Waals surface area contributed by atoms with E-state index in [1.165, 1.54) is 0 Å². The summed E-state index contributed by atoms with van der Waals surface area (Å²) < 4.78 is 10.8. The maximum Gasteiger partial charge on any atom is 0.158 e. The first-order chi connectivity index (χ1) is 5.43. The van der Waals surface area contributed by atoms with Crippen molar-refractivity contribution in [3.05, 3.63) is 0 Å². The smallest absolute Gasteiger partial charge is 0.158 e. The van der Waals surface area contributed by atoms with Crippen LogP contribution in [0.3, 0.4) is 0 Å². The molecule has 0 fully saturated rings. The third-order valence-electron chi connectivity index (χ3n) is 2.62. The molecule has 0 aromatic carbocycles. The average molecular weight is 188 g/mol. The van der Waals surface area contributed by atoms with Crippen molar-refractivity contribution in [1.29, 1.82) is 0 Å². The molecule has 1 unspecified atom stereocenters. The summed E-state index contributed by atoms with van der Waals surface area (Å²) in [6.45, 7) is 11.0. The lowest BCUT2D eigenvalue weighted by Gasteiger charge is -2.27. The second-order valence-electron chi connectivity index (χ2n) is 4.64. The Balaban J connectivity index is 4.10. The van der Waals surface area contributed by atoms with Crippen LogP contribution in [-0.2, 0) is 4.57 Å². The molecule has 0 bridgehead atoms. The van der Waals surface area contributed by atoms with E-state index in [2.05, 4.69) is 34.6 Å². The lowest BCUT2D eigenvalue weighted by Crippen LogP contribution is -2.20. The quantitative estimate of drug-likeness (QED) is 0.593. The third kappa shape index (κ3) is 4.21. The summed E-state index contributed by atoms with van der Waals surface area (Å²) in [4.78, 5) is 0. The van der Waals surface area contributed by atoms with Crippen LogP contribution in [0.5, 0.6) is 0 Å². The van der Waals surface area contributed by atoms with Crippen molar-refractivity contribution in [2.45, 2.75) is 53.1 Å². The van der Waals surface area contributed by atoms with Crippen LogP contribution in [0.2, 0.25) is 0 Å². The van der Waals surface area contributed by atoms with E-state index in [1.54, 1.807) is 0 Å². The van der Waals surface area contributed by atoms with E-state index in [0.717, 1.165) is 12.8 Å². The molecular formula is C10H21OP. The molecule has 72 valence electrons. The van der Waals surface area contributed by atoms with E-state index in [9.17, 15) is 4.57 Å². The summed E-state index contributed by atoms with van der Waals surface area (Å²) in [7, 11) is 0.313. The van der Waals surface area contributed by atoms with Crippen molar-refractivity contribution < 1.29 is 4.57 Å². The highest BCUT2D eigenvalue weighted by atomic mass is 31.1. The number of hydrogen-bond donors (Lipinski definition) is 0. The Morgan fingerprint density at radius 3 is 2.08 bits per heavy atom. The van der Waals surface area contributed by atoms with Crippen LogP contribution >= 0.6 is 8.46 Å². The first-order valence-electron chi connectivity index (χ1n) is 4.75. The fourth-order valence-electron chi connectivity index (χ4n) is 1.11. The van der Waals surface area contributed by atoms with Crippen LogP contribution in [0.25, 0.3) is 0 Å². The molecule has 0 saturated carbocycles. The van der Waals surface area contributed by atoms with Gasteiger partial charge in [0.15, 0.2) is 8.46 Å². The Bertz CT molecular complexity index is 141. The SMILES string of the molecule is CCC(C)(C)CC(P=O)C(C)C. The minimum atomic E-state index is 0.313. The van der Waals surface area contributed by atoms with Gasteiger partial charge in [-0.05, 0) is 17.8 Å². The predicted molar refractivity (Wildman–Crippen MR) is 54.9 cm³/mol. The lowest BCUT2D eigenvalue weighted by atomic mass is 9.83. The average Bonchev–Trinajstić information content (AvgIpc) is 2.00. The summed E-state index contributed by atoms with van der Waals surface area (Å²) >= 11 is 0. The molecule has 0 aliphatic carbocycles. The molecule has 0 heterocycles. The van der Waals surface area contributed by atoms with E-state index in [0.29, 0.717) is 25.5 Å². The third-order valence-corrected chi connectivity index (χ3v) is 3.67. The first-order valence-corrected chi connectivity index (χ1v) is 5.63. The lowest BCUT2D eigenvalue weighted by molar-refractivity contribution is 0.297. The molecule has 0 aromatic rings.